The number of carboxylic acid groups (broad SMARTS) is 1. The maximum Gasteiger partial charge on any atom is 0.303 e. The lowest BCUT2D eigenvalue weighted by atomic mass is 9.94. The predicted molar refractivity (Wildman–Crippen MR) is 56.1 cm³/mol. The van der Waals surface area contributed by atoms with Crippen LogP contribution < -0.4 is 0 Å². The second kappa shape index (κ2) is 5.82. The number of carbonyl (C=O) groups is 1. The second-order valence-electron chi connectivity index (χ2n) is 3.52. The van der Waals surface area contributed by atoms with Crippen LogP contribution in [0.5, 0.6) is 0 Å². The van der Waals surface area contributed by atoms with E-state index in [1.54, 1.807) is 0 Å². The summed E-state index contributed by atoms with van der Waals surface area (Å²) in [6.45, 7) is 0. The molecule has 3 heteroatoms. The SMILES string of the molecule is N#CCC(CC(=O)O)Cc1ccccc1. The maximum atomic E-state index is 10.6. The van der Waals surface area contributed by atoms with E-state index in [1.807, 2.05) is 36.4 Å². The Morgan fingerprint density at radius 2 is 2.07 bits per heavy atom. The van der Waals surface area contributed by atoms with Crippen LogP contribution in [0.4, 0.5) is 0 Å². The van der Waals surface area contributed by atoms with Crippen molar-refractivity contribution in [2.75, 3.05) is 0 Å². The van der Waals surface area contributed by atoms with Crippen molar-refractivity contribution >= 4 is 5.97 Å². The Hall–Kier alpha value is -1.82. The Morgan fingerprint density at radius 1 is 1.40 bits per heavy atom. The summed E-state index contributed by atoms with van der Waals surface area (Å²) in [6.07, 6.45) is 1.00. The molecule has 1 N–H and O–H groups in total. The smallest absolute Gasteiger partial charge is 0.303 e. The molecular formula is C12H13NO2. The van der Waals surface area contributed by atoms with E-state index >= 15 is 0 Å². The van der Waals surface area contributed by atoms with Crippen LogP contribution in [0.25, 0.3) is 0 Å². The van der Waals surface area contributed by atoms with Crippen LogP contribution in [0.2, 0.25) is 0 Å². The van der Waals surface area contributed by atoms with Gasteiger partial charge >= 0.3 is 5.97 Å². The van der Waals surface area contributed by atoms with Crippen LogP contribution >= 0.6 is 0 Å². The van der Waals surface area contributed by atoms with Crippen LogP contribution in [0, 0.1) is 17.2 Å². The minimum absolute atomic E-state index is 0.0580. The normalized spacial score (nSPS) is 11.7. The summed E-state index contributed by atoms with van der Waals surface area (Å²) in [5.74, 6) is -0.930. The average Bonchev–Trinajstić information content (AvgIpc) is 2.18. The molecular weight excluding hydrogens is 190 g/mol. The first-order valence-electron chi connectivity index (χ1n) is 4.85. The first kappa shape index (κ1) is 11.3. The molecule has 0 aliphatic heterocycles. The highest BCUT2D eigenvalue weighted by atomic mass is 16.4. The monoisotopic (exact) mass is 203 g/mol. The van der Waals surface area contributed by atoms with Gasteiger partial charge < -0.3 is 5.11 Å². The van der Waals surface area contributed by atoms with Gasteiger partial charge in [-0.2, -0.15) is 5.26 Å². The molecule has 0 spiro atoms. The molecule has 78 valence electrons. The van der Waals surface area contributed by atoms with Crippen molar-refractivity contribution in [2.24, 2.45) is 5.92 Å². The summed E-state index contributed by atoms with van der Waals surface area (Å²) in [6, 6.07) is 11.7. The lowest BCUT2D eigenvalue weighted by Gasteiger charge is -2.10. The first-order valence-corrected chi connectivity index (χ1v) is 4.85. The standard InChI is InChI=1S/C12H13NO2/c13-7-6-11(9-12(14)15)8-10-4-2-1-3-5-10/h1-5,11H,6,8-9H2,(H,14,15). The number of nitrogens with zero attached hydrogens (tertiary/aromatic N) is 1. The van der Waals surface area contributed by atoms with E-state index in [0.29, 0.717) is 12.8 Å². The van der Waals surface area contributed by atoms with Crippen LogP contribution in [0.15, 0.2) is 30.3 Å². The van der Waals surface area contributed by atoms with Crippen LogP contribution in [-0.2, 0) is 11.2 Å². The van der Waals surface area contributed by atoms with Crippen molar-refractivity contribution in [1.82, 2.24) is 0 Å². The van der Waals surface area contributed by atoms with Crippen molar-refractivity contribution in [3.63, 3.8) is 0 Å². The van der Waals surface area contributed by atoms with Crippen LogP contribution in [0.1, 0.15) is 18.4 Å². The minimum Gasteiger partial charge on any atom is -0.481 e. The molecule has 0 amide bonds. The molecule has 0 radical (unpaired) electrons. The highest BCUT2D eigenvalue weighted by molar-refractivity contribution is 5.67. The second-order valence-corrected chi connectivity index (χ2v) is 3.52. The molecule has 3 nitrogen and oxygen atoms in total. The maximum absolute atomic E-state index is 10.6. The fourth-order valence-corrected chi connectivity index (χ4v) is 1.54. The van der Waals surface area contributed by atoms with Gasteiger partial charge in [-0.1, -0.05) is 30.3 Å². The van der Waals surface area contributed by atoms with E-state index in [2.05, 4.69) is 0 Å². The molecule has 0 aliphatic rings. The Kier molecular flexibility index (Phi) is 4.36. The third-order valence-corrected chi connectivity index (χ3v) is 2.21. The number of hydrogen-bond donors (Lipinski definition) is 1. The third kappa shape index (κ3) is 4.28. The van der Waals surface area contributed by atoms with E-state index in [-0.39, 0.29) is 12.3 Å². The summed E-state index contributed by atoms with van der Waals surface area (Å²) in [5, 5.41) is 17.3. The van der Waals surface area contributed by atoms with Gasteiger partial charge in [0.1, 0.15) is 0 Å². The van der Waals surface area contributed by atoms with Gasteiger partial charge in [0, 0.05) is 12.8 Å². The van der Waals surface area contributed by atoms with Crippen molar-refractivity contribution in [3.8, 4) is 6.07 Å². The quantitative estimate of drug-likeness (QED) is 0.798. The first-order chi connectivity index (χ1) is 7.22. The average molecular weight is 203 g/mol. The van der Waals surface area contributed by atoms with Gasteiger partial charge in [0.05, 0.1) is 6.07 Å². The lowest BCUT2D eigenvalue weighted by Crippen LogP contribution is -2.10. The molecule has 1 aromatic carbocycles. The molecule has 15 heavy (non-hydrogen) atoms. The molecule has 0 aliphatic carbocycles. The molecule has 1 unspecified atom stereocenters. The van der Waals surface area contributed by atoms with E-state index < -0.39 is 5.97 Å². The van der Waals surface area contributed by atoms with Gasteiger partial charge in [-0.05, 0) is 17.9 Å². The van der Waals surface area contributed by atoms with Gasteiger partial charge in [0.15, 0.2) is 0 Å². The molecule has 1 rings (SSSR count). The number of carboxylic acids is 1. The van der Waals surface area contributed by atoms with Crippen molar-refractivity contribution in [2.45, 2.75) is 19.3 Å². The summed E-state index contributed by atoms with van der Waals surface area (Å²) in [5.41, 5.74) is 1.08. The van der Waals surface area contributed by atoms with E-state index in [9.17, 15) is 4.79 Å². The highest BCUT2D eigenvalue weighted by Gasteiger charge is 2.13. The zero-order chi connectivity index (χ0) is 11.1. The molecule has 0 fully saturated rings. The number of nitriles is 1. The summed E-state index contributed by atoms with van der Waals surface area (Å²) in [4.78, 5) is 10.6. The number of benzene rings is 1. The molecule has 0 saturated heterocycles. The Balaban J connectivity index is 2.59. The fourth-order valence-electron chi connectivity index (χ4n) is 1.54. The van der Waals surface area contributed by atoms with Gasteiger partial charge in [-0.15, -0.1) is 0 Å². The van der Waals surface area contributed by atoms with Gasteiger partial charge in [-0.25, -0.2) is 0 Å². The van der Waals surface area contributed by atoms with Gasteiger partial charge in [0.25, 0.3) is 0 Å². The molecule has 0 saturated carbocycles. The summed E-state index contributed by atoms with van der Waals surface area (Å²) >= 11 is 0. The van der Waals surface area contributed by atoms with Crippen molar-refractivity contribution < 1.29 is 9.90 Å². The highest BCUT2D eigenvalue weighted by Crippen LogP contribution is 2.15. The molecule has 0 aromatic heterocycles. The Labute approximate surface area is 89.0 Å². The van der Waals surface area contributed by atoms with E-state index in [0.717, 1.165) is 5.56 Å². The minimum atomic E-state index is -0.841. The predicted octanol–water partition coefficient (Wildman–Crippen LogP) is 2.23. The molecule has 1 atom stereocenters. The zero-order valence-corrected chi connectivity index (χ0v) is 8.39. The molecule has 1 aromatic rings. The number of rotatable bonds is 5. The topological polar surface area (TPSA) is 61.1 Å². The summed E-state index contributed by atoms with van der Waals surface area (Å²) < 4.78 is 0. The van der Waals surface area contributed by atoms with E-state index in [4.69, 9.17) is 10.4 Å². The van der Waals surface area contributed by atoms with Crippen molar-refractivity contribution in [1.29, 1.82) is 5.26 Å². The van der Waals surface area contributed by atoms with Crippen LogP contribution in [0.3, 0.4) is 0 Å². The lowest BCUT2D eigenvalue weighted by molar-refractivity contribution is -0.138. The fraction of sp³-hybridized carbons (Fsp3) is 0.333. The summed E-state index contributed by atoms with van der Waals surface area (Å²) in [7, 11) is 0. The number of aliphatic carboxylic acids is 1. The van der Waals surface area contributed by atoms with Gasteiger partial charge in [0.2, 0.25) is 0 Å². The molecule has 0 bridgehead atoms. The third-order valence-electron chi connectivity index (χ3n) is 2.21. The van der Waals surface area contributed by atoms with E-state index in [1.165, 1.54) is 0 Å². The van der Waals surface area contributed by atoms with Gasteiger partial charge in [-0.3, -0.25) is 4.79 Å². The van der Waals surface area contributed by atoms with Crippen molar-refractivity contribution in [3.05, 3.63) is 35.9 Å². The Bertz CT molecular complexity index is 354. The largest absolute Gasteiger partial charge is 0.481 e. The Morgan fingerprint density at radius 3 is 2.60 bits per heavy atom. The zero-order valence-electron chi connectivity index (χ0n) is 8.39. The van der Waals surface area contributed by atoms with Crippen LogP contribution in [-0.4, -0.2) is 11.1 Å². The number of hydrogen-bond acceptors (Lipinski definition) is 2. The molecule has 0 heterocycles.